The molecule has 4 heterocycles. The van der Waals surface area contributed by atoms with Crippen molar-refractivity contribution in [3.05, 3.63) is 48.4 Å². The summed E-state index contributed by atoms with van der Waals surface area (Å²) in [5.41, 5.74) is 0.968. The first-order valence-corrected chi connectivity index (χ1v) is 10.9. The van der Waals surface area contributed by atoms with Crippen molar-refractivity contribution in [1.29, 1.82) is 0 Å². The number of aromatic nitrogens is 2. The molecular weight excluding hydrogens is 362 g/mol. The second-order valence-corrected chi connectivity index (χ2v) is 8.26. The van der Waals surface area contributed by atoms with Crippen molar-refractivity contribution >= 4 is 22.7 Å². The van der Waals surface area contributed by atoms with Gasteiger partial charge in [-0.25, -0.2) is 4.98 Å². The number of benzene rings is 1. The Labute approximate surface area is 171 Å². The molecule has 152 valence electrons. The Morgan fingerprint density at radius 2 is 1.90 bits per heavy atom. The highest BCUT2D eigenvalue weighted by atomic mass is 16.3. The maximum absolute atomic E-state index is 5.98. The lowest BCUT2D eigenvalue weighted by Crippen LogP contribution is -2.28. The number of para-hydroxylation sites is 1. The predicted octanol–water partition coefficient (Wildman–Crippen LogP) is 4.29. The van der Waals surface area contributed by atoms with E-state index in [1.165, 1.54) is 31.1 Å². The fourth-order valence-electron chi connectivity index (χ4n) is 4.51. The lowest BCUT2D eigenvalue weighted by molar-refractivity contribution is 0.300. The first-order valence-electron chi connectivity index (χ1n) is 10.9. The molecule has 1 aromatic carbocycles. The van der Waals surface area contributed by atoms with Gasteiger partial charge in [-0.15, -0.1) is 0 Å². The number of likely N-dealkylation sites (tertiary alicyclic amines) is 1. The van der Waals surface area contributed by atoms with Crippen LogP contribution in [0.3, 0.4) is 0 Å². The van der Waals surface area contributed by atoms with Crippen molar-refractivity contribution in [1.82, 2.24) is 14.9 Å². The largest absolute Gasteiger partial charge is 0.460 e. The molecule has 3 aromatic rings. The molecule has 0 spiro atoms. The fourth-order valence-corrected chi connectivity index (χ4v) is 4.51. The number of hydrogen-bond acceptors (Lipinski definition) is 6. The number of fused-ring (bicyclic) bond motifs is 1. The van der Waals surface area contributed by atoms with Gasteiger partial charge in [-0.2, -0.15) is 4.98 Å². The van der Waals surface area contributed by atoms with E-state index in [9.17, 15) is 0 Å². The van der Waals surface area contributed by atoms with Crippen LogP contribution in [0.5, 0.6) is 0 Å². The van der Waals surface area contributed by atoms with Crippen molar-refractivity contribution in [2.45, 2.75) is 44.7 Å². The summed E-state index contributed by atoms with van der Waals surface area (Å²) in [7, 11) is 0. The Bertz CT molecular complexity index is 914. The molecule has 5 rings (SSSR count). The highest BCUT2D eigenvalue weighted by Gasteiger charge is 2.24. The lowest BCUT2D eigenvalue weighted by atomic mass is 10.2. The van der Waals surface area contributed by atoms with E-state index in [0.717, 1.165) is 62.3 Å². The highest BCUT2D eigenvalue weighted by Crippen LogP contribution is 2.23. The molecule has 29 heavy (non-hydrogen) atoms. The number of nitrogens with zero attached hydrogens (tertiary/aromatic N) is 4. The van der Waals surface area contributed by atoms with Crippen LogP contribution in [0.1, 0.15) is 37.9 Å². The van der Waals surface area contributed by atoms with Gasteiger partial charge >= 0.3 is 0 Å². The zero-order chi connectivity index (χ0) is 19.5. The van der Waals surface area contributed by atoms with Crippen LogP contribution in [0.25, 0.3) is 11.0 Å². The van der Waals surface area contributed by atoms with Crippen molar-refractivity contribution in [3.63, 3.8) is 0 Å². The average molecular weight is 392 g/mol. The van der Waals surface area contributed by atoms with Gasteiger partial charge < -0.3 is 14.6 Å². The minimum atomic E-state index is 0.374. The molecule has 6 heteroatoms. The fraction of sp³-hybridized carbons (Fsp3) is 0.478. The average Bonchev–Trinajstić information content (AvgIpc) is 3.24. The zero-order valence-electron chi connectivity index (χ0n) is 16.9. The maximum Gasteiger partial charge on any atom is 0.224 e. The molecule has 6 nitrogen and oxygen atoms in total. The minimum Gasteiger partial charge on any atom is -0.460 e. The summed E-state index contributed by atoms with van der Waals surface area (Å²) in [6.45, 7) is 5.09. The first-order chi connectivity index (χ1) is 14.3. The molecular formula is C23H29N5O. The second kappa shape index (κ2) is 8.41. The van der Waals surface area contributed by atoms with Crippen LogP contribution in [0, 0.1) is 0 Å². The van der Waals surface area contributed by atoms with Gasteiger partial charge in [0.2, 0.25) is 5.95 Å². The van der Waals surface area contributed by atoms with Crippen molar-refractivity contribution in [2.75, 3.05) is 36.4 Å². The summed E-state index contributed by atoms with van der Waals surface area (Å²) < 4.78 is 5.98. The van der Waals surface area contributed by atoms with E-state index in [1.807, 2.05) is 24.4 Å². The Hall–Kier alpha value is -2.60. The van der Waals surface area contributed by atoms with Gasteiger partial charge in [0.15, 0.2) is 0 Å². The van der Waals surface area contributed by atoms with E-state index in [2.05, 4.69) is 38.3 Å². The van der Waals surface area contributed by atoms with Crippen LogP contribution in [0.2, 0.25) is 0 Å². The summed E-state index contributed by atoms with van der Waals surface area (Å²) in [6, 6.07) is 12.8. The monoisotopic (exact) mass is 391 g/mol. The Balaban J connectivity index is 1.19. The molecule has 2 fully saturated rings. The van der Waals surface area contributed by atoms with E-state index in [4.69, 9.17) is 9.40 Å². The van der Waals surface area contributed by atoms with Gasteiger partial charge in [-0.1, -0.05) is 31.0 Å². The lowest BCUT2D eigenvalue weighted by Gasteiger charge is -2.22. The normalized spacial score (nSPS) is 20.8. The van der Waals surface area contributed by atoms with Gasteiger partial charge in [-0.3, -0.25) is 4.90 Å². The van der Waals surface area contributed by atoms with Crippen LogP contribution < -0.4 is 10.2 Å². The third-order valence-electron chi connectivity index (χ3n) is 6.03. The van der Waals surface area contributed by atoms with Gasteiger partial charge in [-0.05, 0) is 37.5 Å². The van der Waals surface area contributed by atoms with Crippen LogP contribution in [0.15, 0.2) is 47.0 Å². The summed E-state index contributed by atoms with van der Waals surface area (Å²) >= 11 is 0. The smallest absolute Gasteiger partial charge is 0.224 e. The van der Waals surface area contributed by atoms with Crippen LogP contribution in [-0.2, 0) is 6.54 Å². The highest BCUT2D eigenvalue weighted by molar-refractivity contribution is 5.77. The zero-order valence-corrected chi connectivity index (χ0v) is 16.9. The minimum absolute atomic E-state index is 0.374. The molecule has 1 unspecified atom stereocenters. The molecule has 0 radical (unpaired) electrons. The number of hydrogen-bond donors (Lipinski definition) is 1. The quantitative estimate of drug-likeness (QED) is 0.700. The Kier molecular flexibility index (Phi) is 5.35. The maximum atomic E-state index is 5.98. The van der Waals surface area contributed by atoms with E-state index in [0.29, 0.717) is 6.04 Å². The van der Waals surface area contributed by atoms with Gasteiger partial charge in [0, 0.05) is 43.8 Å². The standard InChI is InChI=1S/C23H29N5O/c1-2-6-13-28(12-5-1)22-9-11-24-23(26-22)25-19-10-14-27(16-19)17-20-15-18-7-3-4-8-21(18)29-20/h3-4,7-9,11,15,19H,1-2,5-6,10,12-14,16-17H2,(H,24,25,26). The van der Waals surface area contributed by atoms with Crippen LogP contribution in [-0.4, -0.2) is 47.1 Å². The van der Waals surface area contributed by atoms with Crippen molar-refractivity contribution < 1.29 is 4.42 Å². The van der Waals surface area contributed by atoms with Gasteiger partial charge in [0.25, 0.3) is 0 Å². The molecule has 2 saturated heterocycles. The number of anilines is 2. The number of rotatable bonds is 5. The third kappa shape index (κ3) is 4.37. The van der Waals surface area contributed by atoms with E-state index in [-0.39, 0.29) is 0 Å². The molecule has 0 amide bonds. The van der Waals surface area contributed by atoms with Gasteiger partial charge in [0.1, 0.15) is 17.2 Å². The second-order valence-electron chi connectivity index (χ2n) is 8.26. The topological polar surface area (TPSA) is 57.4 Å². The van der Waals surface area contributed by atoms with Crippen molar-refractivity contribution in [2.24, 2.45) is 0 Å². The number of furan rings is 1. The van der Waals surface area contributed by atoms with E-state index >= 15 is 0 Å². The summed E-state index contributed by atoms with van der Waals surface area (Å²) in [5.74, 6) is 2.84. The van der Waals surface area contributed by atoms with E-state index in [1.54, 1.807) is 0 Å². The molecule has 1 N–H and O–H groups in total. The summed E-state index contributed by atoms with van der Waals surface area (Å²) in [5, 5.41) is 4.73. The Morgan fingerprint density at radius 1 is 1.03 bits per heavy atom. The molecule has 2 aliphatic heterocycles. The summed E-state index contributed by atoms with van der Waals surface area (Å²) in [4.78, 5) is 14.1. The van der Waals surface area contributed by atoms with Crippen LogP contribution in [0.4, 0.5) is 11.8 Å². The molecule has 2 aromatic heterocycles. The molecule has 0 bridgehead atoms. The van der Waals surface area contributed by atoms with E-state index < -0.39 is 0 Å². The first kappa shape index (κ1) is 18.4. The van der Waals surface area contributed by atoms with Crippen molar-refractivity contribution in [3.8, 4) is 0 Å². The summed E-state index contributed by atoms with van der Waals surface area (Å²) in [6.07, 6.45) is 8.15. The third-order valence-corrected chi connectivity index (χ3v) is 6.03. The van der Waals surface area contributed by atoms with Crippen LogP contribution >= 0.6 is 0 Å². The molecule has 0 saturated carbocycles. The number of nitrogens with one attached hydrogen (secondary N) is 1. The predicted molar refractivity (Wildman–Crippen MR) is 116 cm³/mol. The SMILES string of the molecule is c1ccc2oc(CN3CCC(Nc4nccc(N5CCCCCC5)n4)C3)cc2c1. The van der Waals surface area contributed by atoms with Gasteiger partial charge in [0.05, 0.1) is 6.54 Å². The molecule has 1 atom stereocenters. The molecule has 0 aliphatic carbocycles. The molecule has 2 aliphatic rings. The Morgan fingerprint density at radius 3 is 2.76 bits per heavy atom.